The molecule has 2 aliphatic rings. The molecule has 26 heavy (non-hydrogen) atoms. The average Bonchev–Trinajstić information content (AvgIpc) is 3.04. The number of piperidine rings is 1. The zero-order chi connectivity index (χ0) is 18.0. The number of nitrogens with zero attached hydrogens (tertiary/aromatic N) is 4. The zero-order valence-corrected chi connectivity index (χ0v) is 14.9. The summed E-state index contributed by atoms with van der Waals surface area (Å²) in [6.45, 7) is 3.82. The fourth-order valence-corrected chi connectivity index (χ4v) is 3.82. The van der Waals surface area contributed by atoms with Crippen molar-refractivity contribution < 1.29 is 9.53 Å². The Morgan fingerprint density at radius 2 is 2.23 bits per heavy atom. The van der Waals surface area contributed by atoms with Gasteiger partial charge < -0.3 is 15.0 Å². The van der Waals surface area contributed by atoms with Crippen molar-refractivity contribution in [3.8, 4) is 0 Å². The Hall–Kier alpha value is -2.54. The van der Waals surface area contributed by atoms with Crippen LogP contribution in [0.3, 0.4) is 0 Å². The highest BCUT2D eigenvalue weighted by Crippen LogP contribution is 2.36. The molecule has 7 heteroatoms. The first kappa shape index (κ1) is 16.9. The molecule has 0 aliphatic carbocycles. The van der Waals surface area contributed by atoms with Crippen LogP contribution in [0.15, 0.2) is 36.8 Å². The van der Waals surface area contributed by atoms with E-state index in [1.54, 1.807) is 18.6 Å². The third-order valence-corrected chi connectivity index (χ3v) is 5.05. The van der Waals surface area contributed by atoms with E-state index in [4.69, 9.17) is 4.74 Å². The number of aromatic nitrogens is 3. The summed E-state index contributed by atoms with van der Waals surface area (Å²) < 4.78 is 6.18. The summed E-state index contributed by atoms with van der Waals surface area (Å²) in [6, 6.07) is 6.03. The summed E-state index contributed by atoms with van der Waals surface area (Å²) in [7, 11) is 0. The largest absolute Gasteiger partial charge is 0.371 e. The Balaban J connectivity index is 1.41. The highest BCUT2D eigenvalue weighted by Gasteiger charge is 2.44. The van der Waals surface area contributed by atoms with E-state index in [2.05, 4.69) is 20.3 Å². The lowest BCUT2D eigenvalue weighted by molar-refractivity contribution is -0.0448. The van der Waals surface area contributed by atoms with Gasteiger partial charge in [0.05, 0.1) is 36.7 Å². The minimum absolute atomic E-state index is 0.0682. The maximum absolute atomic E-state index is 12.8. The van der Waals surface area contributed by atoms with Crippen LogP contribution in [0.4, 0.5) is 5.82 Å². The van der Waals surface area contributed by atoms with Crippen LogP contribution in [0.1, 0.15) is 35.4 Å². The van der Waals surface area contributed by atoms with Gasteiger partial charge in [0, 0.05) is 25.4 Å². The van der Waals surface area contributed by atoms with Crippen molar-refractivity contribution in [1.29, 1.82) is 0 Å². The van der Waals surface area contributed by atoms with Gasteiger partial charge in [0.1, 0.15) is 11.5 Å². The number of aryl methyl sites for hydroxylation is 1. The number of hydrogen-bond donors (Lipinski definition) is 1. The van der Waals surface area contributed by atoms with Crippen LogP contribution in [0.2, 0.25) is 0 Å². The second-order valence-corrected chi connectivity index (χ2v) is 7.13. The van der Waals surface area contributed by atoms with Crippen molar-refractivity contribution in [2.45, 2.75) is 37.8 Å². The van der Waals surface area contributed by atoms with Gasteiger partial charge in [-0.2, -0.15) is 0 Å². The number of ether oxygens (including phenoxy) is 1. The number of rotatable bonds is 3. The highest BCUT2D eigenvalue weighted by atomic mass is 16.5. The number of anilines is 1. The Labute approximate surface area is 152 Å². The Kier molecular flexibility index (Phi) is 4.55. The van der Waals surface area contributed by atoms with Crippen molar-refractivity contribution >= 4 is 11.7 Å². The maximum atomic E-state index is 12.8. The average molecular weight is 353 g/mol. The molecule has 2 aromatic rings. The van der Waals surface area contributed by atoms with Crippen LogP contribution in [0.5, 0.6) is 0 Å². The first-order valence-electron chi connectivity index (χ1n) is 9.03. The number of likely N-dealkylation sites (tertiary alicyclic amines) is 1. The molecule has 7 nitrogen and oxygen atoms in total. The van der Waals surface area contributed by atoms with E-state index < -0.39 is 0 Å². The van der Waals surface area contributed by atoms with Crippen LogP contribution < -0.4 is 5.32 Å². The van der Waals surface area contributed by atoms with E-state index in [0.29, 0.717) is 18.8 Å². The molecule has 0 saturated carbocycles. The molecule has 2 atom stereocenters. The third-order valence-electron chi connectivity index (χ3n) is 5.05. The topological polar surface area (TPSA) is 80.2 Å². The van der Waals surface area contributed by atoms with Gasteiger partial charge in [-0.05, 0) is 31.9 Å². The van der Waals surface area contributed by atoms with E-state index in [1.807, 2.05) is 30.0 Å². The van der Waals surface area contributed by atoms with Crippen LogP contribution in [0.25, 0.3) is 0 Å². The molecule has 0 unspecified atom stereocenters. The first-order chi connectivity index (χ1) is 12.6. The molecule has 2 saturated heterocycles. The molecule has 4 heterocycles. The maximum Gasteiger partial charge on any atom is 0.274 e. The quantitative estimate of drug-likeness (QED) is 0.910. The highest BCUT2D eigenvalue weighted by molar-refractivity contribution is 5.92. The number of amides is 1. The Bertz CT molecular complexity index is 767. The molecule has 1 N–H and O–H groups in total. The van der Waals surface area contributed by atoms with E-state index >= 15 is 0 Å². The smallest absolute Gasteiger partial charge is 0.274 e. The number of nitrogens with one attached hydrogen (secondary N) is 1. The van der Waals surface area contributed by atoms with E-state index in [1.165, 1.54) is 0 Å². The minimum atomic E-state index is -0.279. The van der Waals surface area contributed by atoms with Crippen molar-refractivity contribution in [2.24, 2.45) is 0 Å². The van der Waals surface area contributed by atoms with Gasteiger partial charge in [-0.3, -0.25) is 9.78 Å². The van der Waals surface area contributed by atoms with E-state index in [-0.39, 0.29) is 17.6 Å². The lowest BCUT2D eigenvalue weighted by Crippen LogP contribution is -2.50. The molecule has 4 rings (SSSR count). The van der Waals surface area contributed by atoms with Gasteiger partial charge >= 0.3 is 0 Å². The lowest BCUT2D eigenvalue weighted by atomic mass is 9.88. The number of carbonyl (C=O) groups is 1. The normalized spacial score (nSPS) is 25.4. The summed E-state index contributed by atoms with van der Waals surface area (Å²) in [5, 5.41) is 3.43. The fraction of sp³-hybridized carbons (Fsp3) is 0.474. The predicted octanol–water partition coefficient (Wildman–Crippen LogP) is 2.06. The van der Waals surface area contributed by atoms with Crippen LogP contribution in [0, 0.1) is 6.92 Å². The molecule has 0 aromatic carbocycles. The van der Waals surface area contributed by atoms with Crippen molar-refractivity contribution in [3.63, 3.8) is 0 Å². The Morgan fingerprint density at radius 3 is 3.00 bits per heavy atom. The van der Waals surface area contributed by atoms with Gasteiger partial charge in [0.15, 0.2) is 0 Å². The molecule has 2 aromatic heterocycles. The first-order valence-corrected chi connectivity index (χ1v) is 9.03. The molecule has 0 bridgehead atoms. The number of carbonyl (C=O) groups excluding carboxylic acids is 1. The number of pyridine rings is 1. The van der Waals surface area contributed by atoms with Crippen LogP contribution in [-0.4, -0.2) is 57.1 Å². The molecule has 2 aliphatic heterocycles. The van der Waals surface area contributed by atoms with Crippen molar-refractivity contribution in [2.75, 3.05) is 25.0 Å². The van der Waals surface area contributed by atoms with Crippen LogP contribution in [-0.2, 0) is 4.74 Å². The van der Waals surface area contributed by atoms with Gasteiger partial charge in [0.25, 0.3) is 5.91 Å². The minimum Gasteiger partial charge on any atom is -0.371 e. The van der Waals surface area contributed by atoms with Gasteiger partial charge in [-0.15, -0.1) is 0 Å². The van der Waals surface area contributed by atoms with Gasteiger partial charge in [-0.1, -0.05) is 6.07 Å². The summed E-state index contributed by atoms with van der Waals surface area (Å²) in [4.78, 5) is 27.3. The summed E-state index contributed by atoms with van der Waals surface area (Å²) in [5.74, 6) is 0.790. The van der Waals surface area contributed by atoms with Gasteiger partial charge in [-0.25, -0.2) is 9.97 Å². The molecule has 1 spiro atoms. The van der Waals surface area contributed by atoms with Crippen molar-refractivity contribution in [3.05, 3.63) is 48.2 Å². The lowest BCUT2D eigenvalue weighted by Gasteiger charge is -2.39. The van der Waals surface area contributed by atoms with Crippen molar-refractivity contribution in [1.82, 2.24) is 19.9 Å². The Morgan fingerprint density at radius 1 is 1.31 bits per heavy atom. The van der Waals surface area contributed by atoms with Crippen LogP contribution >= 0.6 is 0 Å². The standard InChI is InChI=1S/C19H23N5O2/c1-14-10-22-16(11-21-14)18(25)24-8-4-6-19(13-24)9-15(12-26-19)23-17-5-2-3-7-20-17/h2-3,5,7,10-11,15H,4,6,8-9,12-13H2,1H3,(H,20,23)/t15-,19+/m1/s1. The predicted molar refractivity (Wildman–Crippen MR) is 96.9 cm³/mol. The third kappa shape index (κ3) is 3.53. The van der Waals surface area contributed by atoms with E-state index in [0.717, 1.165) is 37.3 Å². The van der Waals surface area contributed by atoms with E-state index in [9.17, 15) is 4.79 Å². The molecular weight excluding hydrogens is 330 g/mol. The fourth-order valence-electron chi connectivity index (χ4n) is 3.82. The second-order valence-electron chi connectivity index (χ2n) is 7.13. The summed E-state index contributed by atoms with van der Waals surface area (Å²) in [6.07, 6.45) is 7.73. The molecule has 1 amide bonds. The second kappa shape index (κ2) is 6.99. The SMILES string of the molecule is Cc1cnc(C(=O)N2CCC[C@]3(C[C@@H](Nc4ccccn4)CO3)C2)cn1. The number of hydrogen-bond acceptors (Lipinski definition) is 6. The molecule has 0 radical (unpaired) electrons. The molecule has 136 valence electrons. The summed E-state index contributed by atoms with van der Waals surface area (Å²) >= 11 is 0. The van der Waals surface area contributed by atoms with Gasteiger partial charge in [0.2, 0.25) is 0 Å². The molecular formula is C19H23N5O2. The monoisotopic (exact) mass is 353 g/mol. The summed E-state index contributed by atoms with van der Waals surface area (Å²) in [5.41, 5.74) is 0.923. The molecule has 2 fully saturated rings. The zero-order valence-electron chi connectivity index (χ0n) is 14.9.